The van der Waals surface area contributed by atoms with E-state index in [0.29, 0.717) is 12.4 Å². The van der Waals surface area contributed by atoms with Crippen LogP contribution in [-0.2, 0) is 16.3 Å². The van der Waals surface area contributed by atoms with Gasteiger partial charge in [0, 0.05) is 19.6 Å². The van der Waals surface area contributed by atoms with Gasteiger partial charge in [0.25, 0.3) is 0 Å². The molecular formula is C16H26IN3O3S. The highest BCUT2D eigenvalue weighted by atomic mass is 127. The summed E-state index contributed by atoms with van der Waals surface area (Å²) in [6.07, 6.45) is 2.58. The molecule has 0 radical (unpaired) electrons. The van der Waals surface area contributed by atoms with Crippen molar-refractivity contribution in [3.05, 3.63) is 29.8 Å². The van der Waals surface area contributed by atoms with E-state index in [0.717, 1.165) is 25.1 Å². The number of aryl methyl sites for hydroxylation is 1. The smallest absolute Gasteiger partial charge is 0.191 e. The first kappa shape index (κ1) is 21.0. The quantitative estimate of drug-likeness (QED) is 0.288. The molecule has 1 atom stereocenters. The Kier molecular flexibility index (Phi) is 8.82. The fourth-order valence-electron chi connectivity index (χ4n) is 2.59. The van der Waals surface area contributed by atoms with Gasteiger partial charge in [0.2, 0.25) is 0 Å². The zero-order valence-electron chi connectivity index (χ0n) is 14.1. The van der Waals surface area contributed by atoms with Gasteiger partial charge >= 0.3 is 0 Å². The summed E-state index contributed by atoms with van der Waals surface area (Å²) in [6, 6.07) is 8.02. The highest BCUT2D eigenvalue weighted by Crippen LogP contribution is 2.12. The van der Waals surface area contributed by atoms with Crippen molar-refractivity contribution >= 4 is 39.8 Å². The zero-order valence-corrected chi connectivity index (χ0v) is 17.3. The molecule has 0 spiro atoms. The molecule has 1 aromatic rings. The van der Waals surface area contributed by atoms with Gasteiger partial charge in [0.1, 0.15) is 5.75 Å². The molecule has 1 aliphatic heterocycles. The number of hydrogen-bond acceptors (Lipinski definition) is 4. The molecular weight excluding hydrogens is 441 g/mol. The zero-order chi connectivity index (χ0) is 16.7. The van der Waals surface area contributed by atoms with Crippen LogP contribution in [0.3, 0.4) is 0 Å². The Morgan fingerprint density at radius 3 is 2.58 bits per heavy atom. The molecule has 0 aliphatic carbocycles. The molecule has 24 heavy (non-hydrogen) atoms. The van der Waals surface area contributed by atoms with Crippen LogP contribution >= 0.6 is 24.0 Å². The number of rotatable bonds is 6. The second-order valence-electron chi connectivity index (χ2n) is 5.69. The normalized spacial score (nSPS) is 19.4. The minimum Gasteiger partial charge on any atom is -0.497 e. The van der Waals surface area contributed by atoms with Gasteiger partial charge < -0.3 is 15.4 Å². The average Bonchev–Trinajstić information content (AvgIpc) is 2.89. The van der Waals surface area contributed by atoms with Crippen molar-refractivity contribution in [2.24, 2.45) is 4.99 Å². The Labute approximate surface area is 161 Å². The van der Waals surface area contributed by atoms with Crippen LogP contribution in [0.5, 0.6) is 5.75 Å². The molecule has 0 bridgehead atoms. The molecule has 1 aliphatic rings. The van der Waals surface area contributed by atoms with E-state index >= 15 is 0 Å². The highest BCUT2D eigenvalue weighted by molar-refractivity contribution is 14.0. The lowest BCUT2D eigenvalue weighted by Gasteiger charge is -2.16. The summed E-state index contributed by atoms with van der Waals surface area (Å²) in [5.74, 6) is 1.99. The van der Waals surface area contributed by atoms with Gasteiger partial charge in [0.05, 0.1) is 18.6 Å². The van der Waals surface area contributed by atoms with Gasteiger partial charge in [-0.15, -0.1) is 24.0 Å². The van der Waals surface area contributed by atoms with Crippen molar-refractivity contribution in [1.29, 1.82) is 0 Å². The molecule has 0 saturated carbocycles. The molecule has 1 fully saturated rings. The Balaban J connectivity index is 0.00000288. The predicted molar refractivity (Wildman–Crippen MR) is 108 cm³/mol. The molecule has 1 unspecified atom stereocenters. The van der Waals surface area contributed by atoms with Gasteiger partial charge in [-0.1, -0.05) is 12.1 Å². The molecule has 8 heteroatoms. The standard InChI is InChI=1S/C16H25N3O3S.HI/c1-17-16(19-14-9-11-23(20,21)12-14)18-10-3-4-13-5-7-15(22-2)8-6-13;/h5-8,14H,3-4,9-12H2,1-2H3,(H2,17,18,19);1H. The van der Waals surface area contributed by atoms with E-state index in [1.807, 2.05) is 12.1 Å². The summed E-state index contributed by atoms with van der Waals surface area (Å²) in [5, 5.41) is 6.41. The first-order valence-corrected chi connectivity index (χ1v) is 9.65. The maximum absolute atomic E-state index is 11.5. The minimum absolute atomic E-state index is 0. The van der Waals surface area contributed by atoms with E-state index in [2.05, 4.69) is 27.8 Å². The maximum Gasteiger partial charge on any atom is 0.191 e. The molecule has 1 heterocycles. The summed E-state index contributed by atoms with van der Waals surface area (Å²) >= 11 is 0. The van der Waals surface area contributed by atoms with Gasteiger partial charge in [-0.25, -0.2) is 8.42 Å². The fraction of sp³-hybridized carbons (Fsp3) is 0.562. The number of sulfone groups is 1. The average molecular weight is 467 g/mol. The van der Waals surface area contributed by atoms with E-state index in [1.54, 1.807) is 14.2 Å². The van der Waals surface area contributed by atoms with E-state index < -0.39 is 9.84 Å². The predicted octanol–water partition coefficient (Wildman–Crippen LogP) is 1.60. The number of hydrogen-bond donors (Lipinski definition) is 2. The maximum atomic E-state index is 11.5. The van der Waals surface area contributed by atoms with Crippen LogP contribution in [0.25, 0.3) is 0 Å². The number of methoxy groups -OCH3 is 1. The summed E-state index contributed by atoms with van der Waals surface area (Å²) < 4.78 is 28.1. The van der Waals surface area contributed by atoms with Crippen LogP contribution in [-0.4, -0.2) is 52.6 Å². The first-order valence-electron chi connectivity index (χ1n) is 7.83. The van der Waals surface area contributed by atoms with Crippen LogP contribution < -0.4 is 15.4 Å². The van der Waals surface area contributed by atoms with E-state index in [-0.39, 0.29) is 41.5 Å². The number of benzene rings is 1. The van der Waals surface area contributed by atoms with Crippen molar-refractivity contribution in [2.75, 3.05) is 32.2 Å². The van der Waals surface area contributed by atoms with Crippen LogP contribution in [0.4, 0.5) is 0 Å². The number of nitrogens with one attached hydrogen (secondary N) is 2. The first-order chi connectivity index (χ1) is 11.0. The van der Waals surface area contributed by atoms with Gasteiger partial charge in [-0.05, 0) is 37.0 Å². The lowest BCUT2D eigenvalue weighted by Crippen LogP contribution is -2.44. The number of nitrogens with zero attached hydrogens (tertiary/aromatic N) is 1. The number of ether oxygens (including phenoxy) is 1. The summed E-state index contributed by atoms with van der Waals surface area (Å²) in [7, 11) is 0.485. The van der Waals surface area contributed by atoms with Crippen molar-refractivity contribution in [1.82, 2.24) is 10.6 Å². The minimum atomic E-state index is -2.87. The molecule has 0 amide bonds. The van der Waals surface area contributed by atoms with Gasteiger partial charge in [-0.2, -0.15) is 0 Å². The lowest BCUT2D eigenvalue weighted by atomic mass is 10.1. The molecule has 6 nitrogen and oxygen atoms in total. The Hall–Kier alpha value is -1.03. The Morgan fingerprint density at radius 2 is 2.04 bits per heavy atom. The van der Waals surface area contributed by atoms with E-state index in [4.69, 9.17) is 4.74 Å². The lowest BCUT2D eigenvalue weighted by molar-refractivity contribution is 0.414. The van der Waals surface area contributed by atoms with Crippen LogP contribution in [0.2, 0.25) is 0 Å². The molecule has 2 rings (SSSR count). The summed E-state index contributed by atoms with van der Waals surface area (Å²) in [4.78, 5) is 4.15. The summed E-state index contributed by atoms with van der Waals surface area (Å²) in [6.45, 7) is 0.783. The Bertz CT molecular complexity index is 632. The largest absolute Gasteiger partial charge is 0.497 e. The third-order valence-electron chi connectivity index (χ3n) is 3.89. The second-order valence-corrected chi connectivity index (χ2v) is 7.92. The van der Waals surface area contributed by atoms with Crippen molar-refractivity contribution in [3.8, 4) is 5.75 Å². The van der Waals surface area contributed by atoms with Crippen LogP contribution in [0, 0.1) is 0 Å². The van der Waals surface area contributed by atoms with Crippen molar-refractivity contribution in [3.63, 3.8) is 0 Å². The molecule has 1 saturated heterocycles. The molecule has 2 N–H and O–H groups in total. The molecule has 1 aromatic carbocycles. The molecule has 0 aromatic heterocycles. The van der Waals surface area contributed by atoms with Crippen LogP contribution in [0.15, 0.2) is 29.3 Å². The van der Waals surface area contributed by atoms with Gasteiger partial charge in [0.15, 0.2) is 15.8 Å². The van der Waals surface area contributed by atoms with Gasteiger partial charge in [-0.3, -0.25) is 4.99 Å². The van der Waals surface area contributed by atoms with Crippen molar-refractivity contribution < 1.29 is 13.2 Å². The number of aliphatic imine (C=N–C) groups is 1. The number of guanidine groups is 1. The van der Waals surface area contributed by atoms with E-state index in [1.165, 1.54) is 5.56 Å². The third-order valence-corrected chi connectivity index (χ3v) is 5.66. The summed E-state index contributed by atoms with van der Waals surface area (Å²) in [5.41, 5.74) is 1.26. The fourth-order valence-corrected chi connectivity index (χ4v) is 4.26. The monoisotopic (exact) mass is 467 g/mol. The number of halogens is 1. The van der Waals surface area contributed by atoms with Crippen molar-refractivity contribution in [2.45, 2.75) is 25.3 Å². The SMILES string of the molecule is CN=C(NCCCc1ccc(OC)cc1)NC1CCS(=O)(=O)C1.I. The van der Waals surface area contributed by atoms with Crippen LogP contribution in [0.1, 0.15) is 18.4 Å². The van der Waals surface area contributed by atoms with E-state index in [9.17, 15) is 8.42 Å². The second kappa shape index (κ2) is 10.1. The Morgan fingerprint density at radius 1 is 1.33 bits per heavy atom. The molecule has 136 valence electrons. The highest BCUT2D eigenvalue weighted by Gasteiger charge is 2.28. The third kappa shape index (κ3) is 6.84. The topological polar surface area (TPSA) is 79.8 Å².